The van der Waals surface area contributed by atoms with E-state index in [-0.39, 0.29) is 12.0 Å². The summed E-state index contributed by atoms with van der Waals surface area (Å²) in [6.45, 7) is 6.52. The van der Waals surface area contributed by atoms with Crippen LogP contribution in [0.1, 0.15) is 19.4 Å². The van der Waals surface area contributed by atoms with E-state index < -0.39 is 0 Å². The molecule has 0 spiro atoms. The molecule has 1 unspecified atom stereocenters. The molecule has 0 aromatic heterocycles. The monoisotopic (exact) mass is 208 g/mol. The lowest BCUT2D eigenvalue weighted by atomic mass is 10.1. The first kappa shape index (κ1) is 11.9. The van der Waals surface area contributed by atoms with Gasteiger partial charge in [-0.25, -0.2) is 0 Å². The van der Waals surface area contributed by atoms with E-state index in [0.29, 0.717) is 6.54 Å². The molecule has 0 saturated carbocycles. The largest absolute Gasteiger partial charge is 0.398 e. The zero-order valence-electron chi connectivity index (χ0n) is 9.62. The first-order valence-corrected chi connectivity index (χ1v) is 5.28. The third-order valence-corrected chi connectivity index (χ3v) is 2.56. The summed E-state index contributed by atoms with van der Waals surface area (Å²) in [5.74, 6) is 0.264. The Hall–Kier alpha value is -1.22. The van der Waals surface area contributed by atoms with Gasteiger partial charge < -0.3 is 16.2 Å². The number of benzene rings is 1. The van der Waals surface area contributed by atoms with E-state index >= 15 is 0 Å². The molecule has 4 N–H and O–H groups in total. The van der Waals surface area contributed by atoms with E-state index in [4.69, 9.17) is 5.73 Å². The Kier molecular flexibility index (Phi) is 3.97. The summed E-state index contributed by atoms with van der Waals surface area (Å²) >= 11 is 0. The molecule has 0 radical (unpaired) electrons. The summed E-state index contributed by atoms with van der Waals surface area (Å²) in [5.41, 5.74) is 8.59. The van der Waals surface area contributed by atoms with E-state index in [1.165, 1.54) is 0 Å². The quantitative estimate of drug-likeness (QED) is 0.663. The van der Waals surface area contributed by atoms with Crippen LogP contribution in [0.3, 0.4) is 0 Å². The normalized spacial score (nSPS) is 12.9. The maximum atomic E-state index is 9.62. The van der Waals surface area contributed by atoms with Crippen molar-refractivity contribution in [2.75, 3.05) is 17.6 Å². The minimum absolute atomic E-state index is 0.264. The van der Waals surface area contributed by atoms with Gasteiger partial charge in [0.25, 0.3) is 0 Å². The minimum atomic E-state index is -0.326. The standard InChI is InChI=1S/C12H20N2O/c1-8(2)12(15)7-14-10-5-4-9(3)11(13)6-10/h4-6,8,12,14-15H,7,13H2,1-3H3. The lowest BCUT2D eigenvalue weighted by molar-refractivity contribution is 0.138. The van der Waals surface area contributed by atoms with Crippen LogP contribution < -0.4 is 11.1 Å². The molecule has 15 heavy (non-hydrogen) atoms. The Morgan fingerprint density at radius 3 is 2.60 bits per heavy atom. The van der Waals surface area contributed by atoms with Gasteiger partial charge in [-0.1, -0.05) is 19.9 Å². The molecule has 1 aromatic carbocycles. The number of aliphatic hydroxyl groups is 1. The van der Waals surface area contributed by atoms with E-state index in [9.17, 15) is 5.11 Å². The molecule has 0 fully saturated rings. The molecule has 0 aliphatic rings. The molecular formula is C12H20N2O. The molecule has 0 aliphatic heterocycles. The van der Waals surface area contributed by atoms with Crippen molar-refractivity contribution in [1.29, 1.82) is 0 Å². The molecule has 0 saturated heterocycles. The fourth-order valence-electron chi connectivity index (χ4n) is 1.21. The maximum absolute atomic E-state index is 9.62. The van der Waals surface area contributed by atoms with Gasteiger partial charge in [0, 0.05) is 17.9 Å². The molecule has 1 atom stereocenters. The number of rotatable bonds is 4. The van der Waals surface area contributed by atoms with Gasteiger partial charge >= 0.3 is 0 Å². The zero-order chi connectivity index (χ0) is 11.4. The summed E-state index contributed by atoms with van der Waals surface area (Å²) in [6.07, 6.45) is -0.326. The van der Waals surface area contributed by atoms with Gasteiger partial charge in [-0.15, -0.1) is 0 Å². The molecule has 1 rings (SSSR count). The van der Waals surface area contributed by atoms with Crippen LogP contribution >= 0.6 is 0 Å². The summed E-state index contributed by atoms with van der Waals surface area (Å²) in [7, 11) is 0. The first-order valence-electron chi connectivity index (χ1n) is 5.28. The number of hydrogen-bond donors (Lipinski definition) is 3. The van der Waals surface area contributed by atoms with Gasteiger partial charge in [0.15, 0.2) is 0 Å². The molecule has 0 bridgehead atoms. The SMILES string of the molecule is Cc1ccc(NCC(O)C(C)C)cc1N. The van der Waals surface area contributed by atoms with Gasteiger partial charge in [-0.2, -0.15) is 0 Å². The van der Waals surface area contributed by atoms with Crippen LogP contribution in [-0.2, 0) is 0 Å². The third-order valence-electron chi connectivity index (χ3n) is 2.56. The number of aryl methyl sites for hydroxylation is 1. The summed E-state index contributed by atoms with van der Waals surface area (Å²) in [6, 6.07) is 5.83. The second kappa shape index (κ2) is 5.03. The molecular weight excluding hydrogens is 188 g/mol. The first-order chi connectivity index (χ1) is 7.00. The highest BCUT2D eigenvalue weighted by Gasteiger charge is 2.08. The second-order valence-corrected chi connectivity index (χ2v) is 4.26. The fourth-order valence-corrected chi connectivity index (χ4v) is 1.21. The fraction of sp³-hybridized carbons (Fsp3) is 0.500. The van der Waals surface area contributed by atoms with Crippen LogP contribution in [0.25, 0.3) is 0 Å². The smallest absolute Gasteiger partial charge is 0.0735 e. The highest BCUT2D eigenvalue weighted by molar-refractivity contribution is 5.58. The minimum Gasteiger partial charge on any atom is -0.398 e. The van der Waals surface area contributed by atoms with Crippen molar-refractivity contribution in [2.45, 2.75) is 26.9 Å². The number of nitrogen functional groups attached to an aromatic ring is 1. The number of nitrogens with one attached hydrogen (secondary N) is 1. The Bertz CT molecular complexity index is 323. The average Bonchev–Trinajstić information content (AvgIpc) is 2.19. The van der Waals surface area contributed by atoms with E-state index in [1.54, 1.807) is 0 Å². The molecule has 3 nitrogen and oxygen atoms in total. The van der Waals surface area contributed by atoms with Gasteiger partial charge in [0.05, 0.1) is 6.10 Å². The van der Waals surface area contributed by atoms with E-state index in [1.807, 2.05) is 39.0 Å². The van der Waals surface area contributed by atoms with Crippen LogP contribution in [0.15, 0.2) is 18.2 Å². The number of aliphatic hydroxyl groups excluding tert-OH is 1. The topological polar surface area (TPSA) is 58.3 Å². The van der Waals surface area contributed by atoms with E-state index in [2.05, 4.69) is 5.32 Å². The van der Waals surface area contributed by atoms with Gasteiger partial charge in [-0.3, -0.25) is 0 Å². The van der Waals surface area contributed by atoms with Gasteiger partial charge in [-0.05, 0) is 30.5 Å². The highest BCUT2D eigenvalue weighted by Crippen LogP contribution is 2.17. The third kappa shape index (κ3) is 3.44. The van der Waals surface area contributed by atoms with Crippen molar-refractivity contribution >= 4 is 11.4 Å². The molecule has 0 amide bonds. The Balaban J connectivity index is 2.55. The van der Waals surface area contributed by atoms with Crippen molar-refractivity contribution in [1.82, 2.24) is 0 Å². The van der Waals surface area contributed by atoms with Crippen molar-refractivity contribution < 1.29 is 5.11 Å². The van der Waals surface area contributed by atoms with E-state index in [0.717, 1.165) is 16.9 Å². The summed E-state index contributed by atoms with van der Waals surface area (Å²) < 4.78 is 0. The molecule has 1 aromatic rings. The molecule has 0 aliphatic carbocycles. The average molecular weight is 208 g/mol. The van der Waals surface area contributed by atoms with Crippen molar-refractivity contribution in [2.24, 2.45) is 5.92 Å². The number of anilines is 2. The van der Waals surface area contributed by atoms with Crippen LogP contribution in [0.4, 0.5) is 11.4 Å². The lowest BCUT2D eigenvalue weighted by Crippen LogP contribution is -2.24. The molecule has 0 heterocycles. The molecule has 84 valence electrons. The predicted octanol–water partition coefficient (Wildman–Crippen LogP) is 2.01. The second-order valence-electron chi connectivity index (χ2n) is 4.26. The predicted molar refractivity (Wildman–Crippen MR) is 64.9 cm³/mol. The van der Waals surface area contributed by atoms with Crippen LogP contribution in [0.2, 0.25) is 0 Å². The van der Waals surface area contributed by atoms with Crippen LogP contribution in [0, 0.1) is 12.8 Å². The van der Waals surface area contributed by atoms with Crippen LogP contribution in [-0.4, -0.2) is 17.8 Å². The van der Waals surface area contributed by atoms with Crippen molar-refractivity contribution in [3.63, 3.8) is 0 Å². The number of nitrogens with two attached hydrogens (primary N) is 1. The Morgan fingerprint density at radius 1 is 1.40 bits per heavy atom. The van der Waals surface area contributed by atoms with Gasteiger partial charge in [0.1, 0.15) is 0 Å². The van der Waals surface area contributed by atoms with Gasteiger partial charge in [0.2, 0.25) is 0 Å². The summed E-state index contributed by atoms with van der Waals surface area (Å²) in [4.78, 5) is 0. The van der Waals surface area contributed by atoms with Crippen molar-refractivity contribution in [3.8, 4) is 0 Å². The summed E-state index contributed by atoms with van der Waals surface area (Å²) in [5, 5.41) is 12.8. The Labute approximate surface area is 91.3 Å². The van der Waals surface area contributed by atoms with Crippen molar-refractivity contribution in [3.05, 3.63) is 23.8 Å². The molecule has 3 heteroatoms. The van der Waals surface area contributed by atoms with Crippen LogP contribution in [0.5, 0.6) is 0 Å². The lowest BCUT2D eigenvalue weighted by Gasteiger charge is -2.16. The highest BCUT2D eigenvalue weighted by atomic mass is 16.3. The zero-order valence-corrected chi connectivity index (χ0v) is 9.62. The Morgan fingerprint density at radius 2 is 2.07 bits per heavy atom. The maximum Gasteiger partial charge on any atom is 0.0735 e. The number of hydrogen-bond acceptors (Lipinski definition) is 3.